The molecule has 1 aromatic rings. The van der Waals surface area contributed by atoms with Crippen molar-refractivity contribution in [3.63, 3.8) is 0 Å². The predicted molar refractivity (Wildman–Crippen MR) is 66.1 cm³/mol. The summed E-state index contributed by atoms with van der Waals surface area (Å²) in [5, 5.41) is 3.47. The lowest BCUT2D eigenvalue weighted by Gasteiger charge is -2.10. The maximum Gasteiger partial charge on any atom is 0.404 e. The van der Waals surface area contributed by atoms with Crippen LogP contribution in [0.2, 0.25) is 10.0 Å². The van der Waals surface area contributed by atoms with Crippen molar-refractivity contribution < 1.29 is 9.53 Å². The number of pyridine rings is 1. The van der Waals surface area contributed by atoms with E-state index in [9.17, 15) is 4.79 Å². The van der Waals surface area contributed by atoms with Gasteiger partial charge in [-0.1, -0.05) is 23.2 Å². The molecule has 1 aromatic heterocycles. The number of nitrogens with two attached hydrogens (primary N) is 2. The lowest BCUT2D eigenvalue weighted by molar-refractivity contribution is 0.161. The second kappa shape index (κ2) is 6.33. The predicted octanol–water partition coefficient (Wildman–Crippen LogP) is 1.18. The van der Waals surface area contributed by atoms with E-state index in [4.69, 9.17) is 34.8 Å². The van der Waals surface area contributed by atoms with Crippen molar-refractivity contribution in [2.24, 2.45) is 11.6 Å². The van der Waals surface area contributed by atoms with E-state index in [-0.39, 0.29) is 12.4 Å². The SMILES string of the molecule is NNc1nc(NCCOC(N)=O)c(Cl)cc1Cl. The van der Waals surface area contributed by atoms with E-state index in [1.807, 2.05) is 0 Å². The van der Waals surface area contributed by atoms with Crippen LogP contribution >= 0.6 is 23.2 Å². The van der Waals surface area contributed by atoms with Crippen molar-refractivity contribution in [2.45, 2.75) is 0 Å². The number of ether oxygens (including phenoxy) is 1. The average Bonchev–Trinajstić information content (AvgIpc) is 2.26. The molecule has 0 aliphatic rings. The summed E-state index contributed by atoms with van der Waals surface area (Å²) < 4.78 is 4.52. The Bertz CT molecular complexity index is 415. The lowest BCUT2D eigenvalue weighted by Crippen LogP contribution is -2.19. The summed E-state index contributed by atoms with van der Waals surface area (Å²) in [6, 6.07) is 1.49. The van der Waals surface area contributed by atoms with Crippen LogP contribution in [-0.4, -0.2) is 24.2 Å². The molecule has 0 radical (unpaired) electrons. The van der Waals surface area contributed by atoms with Crippen molar-refractivity contribution in [3.05, 3.63) is 16.1 Å². The molecule has 0 aromatic carbocycles. The Labute approximate surface area is 107 Å². The van der Waals surface area contributed by atoms with Gasteiger partial charge < -0.3 is 21.2 Å². The fraction of sp³-hybridized carbons (Fsp3) is 0.250. The number of nitrogens with zero attached hydrogens (tertiary/aromatic N) is 1. The molecule has 1 rings (SSSR count). The van der Waals surface area contributed by atoms with E-state index in [2.05, 4.69) is 20.5 Å². The molecule has 0 saturated heterocycles. The third-order valence-corrected chi connectivity index (χ3v) is 2.28. The standard InChI is InChI=1S/C8H11Cl2N5O2/c9-4-3-5(10)7(15-12)14-6(4)13-1-2-17-8(11)16/h3H,1-2,12H2,(H2,11,16)(H2,13,14,15). The Kier molecular flexibility index (Phi) is 5.08. The van der Waals surface area contributed by atoms with Gasteiger partial charge in [0.1, 0.15) is 12.4 Å². The van der Waals surface area contributed by atoms with Crippen LogP contribution in [-0.2, 0) is 4.74 Å². The highest BCUT2D eigenvalue weighted by molar-refractivity contribution is 6.37. The number of carbonyl (C=O) groups is 1. The first-order chi connectivity index (χ1) is 8.04. The number of carbonyl (C=O) groups excluding carboxylic acids is 1. The van der Waals surface area contributed by atoms with Gasteiger partial charge in [-0.15, -0.1) is 0 Å². The monoisotopic (exact) mass is 279 g/mol. The smallest absolute Gasteiger partial charge is 0.404 e. The quantitative estimate of drug-likeness (QED) is 0.366. The number of amides is 1. The number of nitrogens with one attached hydrogen (secondary N) is 2. The summed E-state index contributed by atoms with van der Waals surface area (Å²) >= 11 is 11.7. The highest BCUT2D eigenvalue weighted by Crippen LogP contribution is 2.28. The van der Waals surface area contributed by atoms with Crippen molar-refractivity contribution >= 4 is 40.9 Å². The number of hydrazine groups is 1. The van der Waals surface area contributed by atoms with Gasteiger partial charge in [0.25, 0.3) is 0 Å². The normalized spacial score (nSPS) is 9.82. The minimum absolute atomic E-state index is 0.0986. The molecule has 0 saturated carbocycles. The minimum Gasteiger partial charge on any atom is -0.448 e. The van der Waals surface area contributed by atoms with Crippen LogP contribution in [0, 0.1) is 0 Å². The van der Waals surface area contributed by atoms with Crippen molar-refractivity contribution in [1.82, 2.24) is 4.98 Å². The second-order valence-electron chi connectivity index (χ2n) is 2.89. The van der Waals surface area contributed by atoms with Gasteiger partial charge >= 0.3 is 6.09 Å². The summed E-state index contributed by atoms with van der Waals surface area (Å²) in [5.74, 6) is 5.87. The van der Waals surface area contributed by atoms with Crippen molar-refractivity contribution in [1.29, 1.82) is 0 Å². The molecule has 7 nitrogen and oxygen atoms in total. The molecule has 0 bridgehead atoms. The lowest BCUT2D eigenvalue weighted by atomic mass is 10.4. The van der Waals surface area contributed by atoms with E-state index < -0.39 is 6.09 Å². The van der Waals surface area contributed by atoms with E-state index in [0.717, 1.165) is 0 Å². The molecule has 94 valence electrons. The molecular formula is C8H11Cl2N5O2. The summed E-state index contributed by atoms with van der Waals surface area (Å²) in [4.78, 5) is 14.3. The van der Waals surface area contributed by atoms with Crippen molar-refractivity contribution in [3.8, 4) is 0 Å². The summed E-state index contributed by atoms with van der Waals surface area (Å²) in [7, 11) is 0. The summed E-state index contributed by atoms with van der Waals surface area (Å²) in [5.41, 5.74) is 7.12. The van der Waals surface area contributed by atoms with Crippen LogP contribution in [0.25, 0.3) is 0 Å². The van der Waals surface area contributed by atoms with Crippen LogP contribution in [0.5, 0.6) is 0 Å². The highest BCUT2D eigenvalue weighted by atomic mass is 35.5. The van der Waals surface area contributed by atoms with Gasteiger partial charge in [0.2, 0.25) is 0 Å². The minimum atomic E-state index is -0.841. The van der Waals surface area contributed by atoms with Crippen LogP contribution in [0.3, 0.4) is 0 Å². The molecule has 0 spiro atoms. The Morgan fingerprint density at radius 3 is 2.65 bits per heavy atom. The van der Waals surface area contributed by atoms with Crippen LogP contribution in [0.4, 0.5) is 16.4 Å². The number of aromatic nitrogens is 1. The molecule has 1 amide bonds. The van der Waals surface area contributed by atoms with E-state index in [0.29, 0.717) is 22.4 Å². The maximum atomic E-state index is 10.3. The molecule has 6 N–H and O–H groups in total. The largest absolute Gasteiger partial charge is 0.448 e. The average molecular weight is 280 g/mol. The number of rotatable bonds is 5. The number of hydrogen-bond donors (Lipinski definition) is 4. The third-order valence-electron chi connectivity index (χ3n) is 1.71. The maximum absolute atomic E-state index is 10.3. The van der Waals surface area contributed by atoms with Crippen molar-refractivity contribution in [2.75, 3.05) is 23.9 Å². The van der Waals surface area contributed by atoms with Gasteiger partial charge in [-0.25, -0.2) is 15.6 Å². The first kappa shape index (κ1) is 13.6. The zero-order valence-electron chi connectivity index (χ0n) is 8.67. The third kappa shape index (κ3) is 4.14. The summed E-state index contributed by atoms with van der Waals surface area (Å²) in [6.07, 6.45) is -0.841. The molecule has 0 unspecified atom stereocenters. The molecule has 9 heteroatoms. The molecule has 1 heterocycles. The number of hydrogen-bond acceptors (Lipinski definition) is 6. The zero-order chi connectivity index (χ0) is 12.8. The zero-order valence-corrected chi connectivity index (χ0v) is 10.2. The van der Waals surface area contributed by atoms with Crippen LogP contribution in [0.1, 0.15) is 0 Å². The summed E-state index contributed by atoms with van der Waals surface area (Å²) in [6.45, 7) is 0.405. The van der Waals surface area contributed by atoms with Gasteiger partial charge in [0.05, 0.1) is 16.6 Å². The number of anilines is 2. The Balaban J connectivity index is 2.61. The molecule has 0 atom stereocenters. The van der Waals surface area contributed by atoms with E-state index in [1.54, 1.807) is 0 Å². The number of nitrogen functional groups attached to an aromatic ring is 1. The first-order valence-corrected chi connectivity index (χ1v) is 5.29. The fourth-order valence-corrected chi connectivity index (χ4v) is 1.49. The van der Waals surface area contributed by atoms with Gasteiger partial charge in [-0.2, -0.15) is 0 Å². The van der Waals surface area contributed by atoms with Gasteiger partial charge in [-0.05, 0) is 6.07 Å². The first-order valence-electron chi connectivity index (χ1n) is 4.53. The molecule has 0 aliphatic heterocycles. The Morgan fingerprint density at radius 1 is 1.41 bits per heavy atom. The van der Waals surface area contributed by atoms with E-state index >= 15 is 0 Å². The fourth-order valence-electron chi connectivity index (χ4n) is 1.01. The molecule has 17 heavy (non-hydrogen) atoms. The van der Waals surface area contributed by atoms with Gasteiger partial charge in [0.15, 0.2) is 5.82 Å². The Morgan fingerprint density at radius 2 is 2.06 bits per heavy atom. The van der Waals surface area contributed by atoms with Crippen LogP contribution < -0.4 is 22.3 Å². The number of halogens is 2. The number of primary amides is 1. The van der Waals surface area contributed by atoms with Gasteiger partial charge in [-0.3, -0.25) is 0 Å². The highest BCUT2D eigenvalue weighted by Gasteiger charge is 2.08. The van der Waals surface area contributed by atoms with E-state index in [1.165, 1.54) is 6.07 Å². The topological polar surface area (TPSA) is 115 Å². The Hall–Kier alpha value is -1.44. The second-order valence-corrected chi connectivity index (χ2v) is 3.70. The van der Waals surface area contributed by atoms with Gasteiger partial charge in [0, 0.05) is 0 Å². The molecule has 0 aliphatic carbocycles. The van der Waals surface area contributed by atoms with Crippen LogP contribution in [0.15, 0.2) is 6.07 Å². The molecule has 0 fully saturated rings. The molecular weight excluding hydrogens is 269 g/mol.